The fraction of sp³-hybridized carbons (Fsp3) is 0.571. The van der Waals surface area contributed by atoms with Gasteiger partial charge in [0.05, 0.1) is 7.11 Å². The van der Waals surface area contributed by atoms with Crippen LogP contribution in [0.15, 0.2) is 18.2 Å². The van der Waals surface area contributed by atoms with Crippen LogP contribution in [0.3, 0.4) is 0 Å². The fourth-order valence-electron chi connectivity index (χ4n) is 1.60. The molecule has 96 valence electrons. The highest BCUT2D eigenvalue weighted by atomic mass is 16.5. The van der Waals surface area contributed by atoms with Gasteiger partial charge in [0.1, 0.15) is 0 Å². The molecule has 0 aromatic heterocycles. The molecule has 0 radical (unpaired) electrons. The second kappa shape index (κ2) is 6.50. The zero-order valence-corrected chi connectivity index (χ0v) is 11.2. The quantitative estimate of drug-likeness (QED) is 0.799. The molecule has 0 aliphatic rings. The Morgan fingerprint density at radius 2 is 2.06 bits per heavy atom. The molecule has 0 bridgehead atoms. The van der Waals surface area contributed by atoms with E-state index in [-0.39, 0.29) is 11.8 Å². The minimum Gasteiger partial charge on any atom is -0.504 e. The second-order valence-electron chi connectivity index (χ2n) is 4.57. The van der Waals surface area contributed by atoms with Crippen molar-refractivity contribution in [2.75, 3.05) is 13.7 Å². The molecule has 0 spiro atoms. The van der Waals surface area contributed by atoms with Crippen molar-refractivity contribution in [3.05, 3.63) is 23.8 Å². The van der Waals surface area contributed by atoms with Gasteiger partial charge < -0.3 is 15.2 Å². The SMILES string of the molecule is CCC(C)CNC(C)c1ccc(O)c(OC)c1. The Bertz CT molecular complexity index is 352. The Hall–Kier alpha value is -1.22. The standard InChI is InChI=1S/C14H23NO2/c1-5-10(2)9-15-11(3)12-6-7-13(16)14(8-12)17-4/h6-8,10-11,15-16H,5,9H2,1-4H3. The molecule has 0 saturated heterocycles. The Morgan fingerprint density at radius 1 is 1.35 bits per heavy atom. The summed E-state index contributed by atoms with van der Waals surface area (Å²) in [6.07, 6.45) is 1.18. The molecule has 3 nitrogen and oxygen atoms in total. The molecule has 2 N–H and O–H groups in total. The van der Waals surface area contributed by atoms with Gasteiger partial charge in [0.2, 0.25) is 0 Å². The largest absolute Gasteiger partial charge is 0.504 e. The van der Waals surface area contributed by atoms with E-state index in [2.05, 4.69) is 26.1 Å². The van der Waals surface area contributed by atoms with Crippen LogP contribution in [-0.2, 0) is 0 Å². The van der Waals surface area contributed by atoms with Crippen LogP contribution in [0.5, 0.6) is 11.5 Å². The highest BCUT2D eigenvalue weighted by Gasteiger charge is 2.09. The van der Waals surface area contributed by atoms with Gasteiger partial charge in [0.25, 0.3) is 0 Å². The maximum atomic E-state index is 9.53. The third-order valence-electron chi connectivity index (χ3n) is 3.17. The highest BCUT2D eigenvalue weighted by Crippen LogP contribution is 2.28. The highest BCUT2D eigenvalue weighted by molar-refractivity contribution is 5.42. The van der Waals surface area contributed by atoms with E-state index >= 15 is 0 Å². The van der Waals surface area contributed by atoms with E-state index in [1.165, 1.54) is 6.42 Å². The van der Waals surface area contributed by atoms with Gasteiger partial charge in [-0.1, -0.05) is 26.3 Å². The topological polar surface area (TPSA) is 41.5 Å². The van der Waals surface area contributed by atoms with Crippen LogP contribution in [0.2, 0.25) is 0 Å². The van der Waals surface area contributed by atoms with Gasteiger partial charge in [0, 0.05) is 6.04 Å². The first-order valence-electron chi connectivity index (χ1n) is 6.18. The molecular weight excluding hydrogens is 214 g/mol. The van der Waals surface area contributed by atoms with E-state index in [9.17, 15) is 5.11 Å². The Balaban J connectivity index is 2.65. The number of aromatic hydroxyl groups is 1. The van der Waals surface area contributed by atoms with Gasteiger partial charge >= 0.3 is 0 Å². The Kier molecular flexibility index (Phi) is 5.29. The summed E-state index contributed by atoms with van der Waals surface area (Å²) in [5.41, 5.74) is 1.13. The van der Waals surface area contributed by atoms with Crippen molar-refractivity contribution >= 4 is 0 Å². The molecule has 0 aliphatic heterocycles. The third kappa shape index (κ3) is 3.93. The molecule has 17 heavy (non-hydrogen) atoms. The number of ether oxygens (including phenoxy) is 1. The van der Waals surface area contributed by atoms with E-state index in [1.807, 2.05) is 12.1 Å². The van der Waals surface area contributed by atoms with Crippen molar-refractivity contribution in [2.45, 2.75) is 33.2 Å². The van der Waals surface area contributed by atoms with E-state index in [1.54, 1.807) is 13.2 Å². The maximum absolute atomic E-state index is 9.53. The molecule has 0 fully saturated rings. The molecule has 2 unspecified atom stereocenters. The molecule has 1 aromatic carbocycles. The minimum atomic E-state index is 0.186. The van der Waals surface area contributed by atoms with Gasteiger partial charge in [-0.25, -0.2) is 0 Å². The number of methoxy groups -OCH3 is 1. The van der Waals surface area contributed by atoms with E-state index < -0.39 is 0 Å². The summed E-state index contributed by atoms with van der Waals surface area (Å²) in [5, 5.41) is 13.0. The molecule has 0 aliphatic carbocycles. The van der Waals surface area contributed by atoms with E-state index in [0.717, 1.165) is 12.1 Å². The van der Waals surface area contributed by atoms with Crippen LogP contribution >= 0.6 is 0 Å². The predicted molar refractivity (Wildman–Crippen MR) is 70.5 cm³/mol. The average molecular weight is 237 g/mol. The van der Waals surface area contributed by atoms with Crippen LogP contribution in [0.4, 0.5) is 0 Å². The minimum absolute atomic E-state index is 0.186. The lowest BCUT2D eigenvalue weighted by molar-refractivity contribution is 0.372. The zero-order valence-electron chi connectivity index (χ0n) is 11.2. The number of rotatable bonds is 6. The molecule has 0 saturated carbocycles. The van der Waals surface area contributed by atoms with Crippen LogP contribution in [0.1, 0.15) is 38.8 Å². The molecular formula is C14H23NO2. The van der Waals surface area contributed by atoms with Crippen LogP contribution < -0.4 is 10.1 Å². The van der Waals surface area contributed by atoms with Crippen molar-refractivity contribution in [1.29, 1.82) is 0 Å². The molecule has 0 amide bonds. The lowest BCUT2D eigenvalue weighted by atomic mass is 10.1. The van der Waals surface area contributed by atoms with Gasteiger partial charge in [-0.3, -0.25) is 0 Å². The lowest BCUT2D eigenvalue weighted by Crippen LogP contribution is -2.24. The summed E-state index contributed by atoms with van der Waals surface area (Å²) in [6.45, 7) is 7.55. The lowest BCUT2D eigenvalue weighted by Gasteiger charge is -2.18. The first-order valence-corrected chi connectivity index (χ1v) is 6.18. The predicted octanol–water partition coefficient (Wildman–Crippen LogP) is 3.10. The van der Waals surface area contributed by atoms with Crippen molar-refractivity contribution in [3.63, 3.8) is 0 Å². The van der Waals surface area contributed by atoms with Gasteiger partial charge in [0.15, 0.2) is 11.5 Å². The molecule has 1 aromatic rings. The van der Waals surface area contributed by atoms with Gasteiger partial charge in [-0.15, -0.1) is 0 Å². The summed E-state index contributed by atoms with van der Waals surface area (Å²) in [5.74, 6) is 1.39. The van der Waals surface area contributed by atoms with Gasteiger partial charge in [-0.05, 0) is 37.1 Å². The fourth-order valence-corrected chi connectivity index (χ4v) is 1.60. The van der Waals surface area contributed by atoms with Crippen LogP contribution in [0.25, 0.3) is 0 Å². The first-order chi connectivity index (χ1) is 8.08. The average Bonchev–Trinajstić information content (AvgIpc) is 2.35. The summed E-state index contributed by atoms with van der Waals surface area (Å²) >= 11 is 0. The number of benzene rings is 1. The maximum Gasteiger partial charge on any atom is 0.160 e. The summed E-state index contributed by atoms with van der Waals surface area (Å²) in [6, 6.07) is 5.74. The van der Waals surface area contributed by atoms with Crippen LogP contribution in [-0.4, -0.2) is 18.8 Å². The van der Waals surface area contributed by atoms with Crippen molar-refractivity contribution in [3.8, 4) is 11.5 Å². The summed E-state index contributed by atoms with van der Waals surface area (Å²) in [4.78, 5) is 0. The smallest absolute Gasteiger partial charge is 0.160 e. The molecule has 2 atom stereocenters. The van der Waals surface area contributed by atoms with E-state index in [0.29, 0.717) is 11.7 Å². The second-order valence-corrected chi connectivity index (χ2v) is 4.57. The number of hydrogen-bond donors (Lipinski definition) is 2. The van der Waals surface area contributed by atoms with Crippen LogP contribution in [0, 0.1) is 5.92 Å². The Labute approximate surface area is 104 Å². The number of nitrogens with one attached hydrogen (secondary N) is 1. The number of hydrogen-bond acceptors (Lipinski definition) is 3. The summed E-state index contributed by atoms with van der Waals surface area (Å²) < 4.78 is 5.10. The number of phenols is 1. The van der Waals surface area contributed by atoms with Crippen molar-refractivity contribution < 1.29 is 9.84 Å². The molecule has 0 heterocycles. The van der Waals surface area contributed by atoms with Gasteiger partial charge in [-0.2, -0.15) is 0 Å². The molecule has 1 rings (SSSR count). The Morgan fingerprint density at radius 3 is 2.65 bits per heavy atom. The third-order valence-corrected chi connectivity index (χ3v) is 3.17. The summed E-state index contributed by atoms with van der Waals surface area (Å²) in [7, 11) is 1.57. The first kappa shape index (κ1) is 13.8. The monoisotopic (exact) mass is 237 g/mol. The zero-order chi connectivity index (χ0) is 12.8. The van der Waals surface area contributed by atoms with Crippen molar-refractivity contribution in [2.24, 2.45) is 5.92 Å². The number of phenolic OH excluding ortho intramolecular Hbond substituents is 1. The van der Waals surface area contributed by atoms with E-state index in [4.69, 9.17) is 4.74 Å². The molecule has 3 heteroatoms. The normalized spacial score (nSPS) is 14.4. The van der Waals surface area contributed by atoms with Crippen molar-refractivity contribution in [1.82, 2.24) is 5.32 Å².